The lowest BCUT2D eigenvalue weighted by molar-refractivity contribution is 0.122. The Morgan fingerprint density at radius 2 is 1.83 bits per heavy atom. The van der Waals surface area contributed by atoms with Crippen LogP contribution in [0.2, 0.25) is 0 Å². The number of aromatic nitrogens is 4. The van der Waals surface area contributed by atoms with Crippen LogP contribution in [0.5, 0.6) is 0 Å². The molecule has 1 N–H and O–H groups in total. The first-order chi connectivity index (χ1) is 11.9. The number of ether oxygens (including phenoxy) is 1. The molecule has 7 heteroatoms. The summed E-state index contributed by atoms with van der Waals surface area (Å²) in [5, 5.41) is 3.29. The van der Waals surface area contributed by atoms with Crippen molar-refractivity contribution in [2.24, 2.45) is 0 Å². The van der Waals surface area contributed by atoms with Gasteiger partial charge in [-0.2, -0.15) is 0 Å². The summed E-state index contributed by atoms with van der Waals surface area (Å²) in [6.07, 6.45) is 8.66. The second-order valence-electron chi connectivity index (χ2n) is 5.50. The minimum absolute atomic E-state index is 0.695. The fourth-order valence-corrected chi connectivity index (χ4v) is 2.66. The number of nitrogens with zero attached hydrogens (tertiary/aromatic N) is 5. The molecule has 0 atom stereocenters. The fourth-order valence-electron chi connectivity index (χ4n) is 2.66. The van der Waals surface area contributed by atoms with Crippen molar-refractivity contribution in [3.8, 4) is 5.82 Å². The zero-order valence-electron chi connectivity index (χ0n) is 13.2. The molecule has 1 aliphatic heterocycles. The Bertz CT molecular complexity index is 781. The molecule has 1 aromatic carbocycles. The number of nitrogens with one attached hydrogen (secondary N) is 1. The van der Waals surface area contributed by atoms with Crippen molar-refractivity contribution in [3.05, 3.63) is 55.4 Å². The van der Waals surface area contributed by atoms with E-state index < -0.39 is 0 Å². The van der Waals surface area contributed by atoms with Crippen LogP contribution in [0.15, 0.2) is 55.4 Å². The monoisotopic (exact) mass is 322 g/mol. The van der Waals surface area contributed by atoms with Gasteiger partial charge in [0.2, 0.25) is 0 Å². The highest BCUT2D eigenvalue weighted by atomic mass is 16.5. The molecule has 122 valence electrons. The first-order valence-corrected chi connectivity index (χ1v) is 7.89. The molecule has 1 saturated heterocycles. The van der Waals surface area contributed by atoms with Crippen molar-refractivity contribution < 1.29 is 4.74 Å². The van der Waals surface area contributed by atoms with Crippen molar-refractivity contribution >= 4 is 17.2 Å². The number of rotatable bonds is 4. The maximum absolute atomic E-state index is 5.39. The standard InChI is InChI=1S/C17H18N6O/c1-3-15(22-7-9-24-10-8-22)4-2-14(1)20-16-11-19-12-17(21-16)23-6-5-18-13-23/h1-6,11-13H,7-10H2,(H,20,21). The lowest BCUT2D eigenvalue weighted by Crippen LogP contribution is -2.36. The van der Waals surface area contributed by atoms with Crippen molar-refractivity contribution in [2.75, 3.05) is 36.5 Å². The Morgan fingerprint density at radius 3 is 2.58 bits per heavy atom. The van der Waals surface area contributed by atoms with Gasteiger partial charge in [-0.3, -0.25) is 9.55 Å². The largest absolute Gasteiger partial charge is 0.378 e. The molecule has 7 nitrogen and oxygen atoms in total. The first-order valence-electron chi connectivity index (χ1n) is 7.89. The van der Waals surface area contributed by atoms with Gasteiger partial charge in [-0.15, -0.1) is 0 Å². The molecule has 0 unspecified atom stereocenters. The summed E-state index contributed by atoms with van der Waals surface area (Å²) < 4.78 is 7.21. The molecule has 3 heterocycles. The van der Waals surface area contributed by atoms with Gasteiger partial charge in [0.1, 0.15) is 6.33 Å². The molecule has 0 radical (unpaired) electrons. The molecule has 2 aromatic heterocycles. The lowest BCUT2D eigenvalue weighted by Gasteiger charge is -2.28. The Morgan fingerprint density at radius 1 is 1.00 bits per heavy atom. The molecule has 1 aliphatic rings. The maximum atomic E-state index is 5.39. The number of morpholine rings is 1. The van der Waals surface area contributed by atoms with Crippen LogP contribution in [0.4, 0.5) is 17.2 Å². The molecule has 0 aliphatic carbocycles. The Hall–Kier alpha value is -2.93. The fraction of sp³-hybridized carbons (Fsp3) is 0.235. The van der Waals surface area contributed by atoms with Crippen LogP contribution in [0.1, 0.15) is 0 Å². The summed E-state index contributed by atoms with van der Waals surface area (Å²) in [6, 6.07) is 8.33. The van der Waals surface area contributed by atoms with E-state index in [1.54, 1.807) is 24.9 Å². The highest BCUT2D eigenvalue weighted by molar-refractivity contribution is 5.60. The van der Waals surface area contributed by atoms with E-state index >= 15 is 0 Å². The SMILES string of the molecule is c1cn(-c2cncc(Nc3ccc(N4CCOCC4)cc3)n2)cn1. The van der Waals surface area contributed by atoms with E-state index in [-0.39, 0.29) is 0 Å². The predicted octanol–water partition coefficient (Wildman–Crippen LogP) is 2.24. The quantitative estimate of drug-likeness (QED) is 0.794. The van der Waals surface area contributed by atoms with E-state index in [2.05, 4.69) is 49.4 Å². The maximum Gasteiger partial charge on any atom is 0.158 e. The predicted molar refractivity (Wildman–Crippen MR) is 91.9 cm³/mol. The van der Waals surface area contributed by atoms with E-state index in [0.717, 1.165) is 37.8 Å². The van der Waals surface area contributed by atoms with Crippen LogP contribution in [0.3, 0.4) is 0 Å². The highest BCUT2D eigenvalue weighted by Crippen LogP contribution is 2.21. The second-order valence-corrected chi connectivity index (χ2v) is 5.50. The number of benzene rings is 1. The lowest BCUT2D eigenvalue weighted by atomic mass is 10.2. The van der Waals surface area contributed by atoms with Crippen molar-refractivity contribution in [1.82, 2.24) is 19.5 Å². The van der Waals surface area contributed by atoms with Crippen molar-refractivity contribution in [1.29, 1.82) is 0 Å². The van der Waals surface area contributed by atoms with Gasteiger partial charge in [0.25, 0.3) is 0 Å². The molecule has 0 saturated carbocycles. The summed E-state index contributed by atoms with van der Waals surface area (Å²) in [7, 11) is 0. The minimum atomic E-state index is 0.695. The van der Waals surface area contributed by atoms with Gasteiger partial charge < -0.3 is 15.0 Å². The molecular weight excluding hydrogens is 304 g/mol. The molecule has 0 amide bonds. The second kappa shape index (κ2) is 6.67. The van der Waals surface area contributed by atoms with Crippen LogP contribution >= 0.6 is 0 Å². The first kappa shape index (κ1) is 14.6. The smallest absolute Gasteiger partial charge is 0.158 e. The molecule has 4 rings (SSSR count). The van der Waals surface area contributed by atoms with E-state index in [1.807, 2.05) is 10.8 Å². The van der Waals surface area contributed by atoms with E-state index in [9.17, 15) is 0 Å². The Balaban J connectivity index is 1.48. The van der Waals surface area contributed by atoms with Gasteiger partial charge in [-0.25, -0.2) is 9.97 Å². The number of hydrogen-bond acceptors (Lipinski definition) is 6. The molecule has 1 fully saturated rings. The van der Waals surface area contributed by atoms with Gasteiger partial charge in [-0.1, -0.05) is 0 Å². The summed E-state index contributed by atoms with van der Waals surface area (Å²) in [5.41, 5.74) is 2.19. The van der Waals surface area contributed by atoms with Crippen LogP contribution in [-0.2, 0) is 4.74 Å². The summed E-state index contributed by atoms with van der Waals surface area (Å²) in [6.45, 7) is 3.45. The van der Waals surface area contributed by atoms with E-state index in [1.165, 1.54) is 5.69 Å². The molecule has 24 heavy (non-hydrogen) atoms. The molecule has 0 bridgehead atoms. The van der Waals surface area contributed by atoms with Crippen LogP contribution in [0.25, 0.3) is 5.82 Å². The van der Waals surface area contributed by atoms with Gasteiger partial charge in [0, 0.05) is 36.9 Å². The van der Waals surface area contributed by atoms with Crippen LogP contribution < -0.4 is 10.2 Å². The van der Waals surface area contributed by atoms with Crippen LogP contribution in [-0.4, -0.2) is 45.8 Å². The number of hydrogen-bond donors (Lipinski definition) is 1. The minimum Gasteiger partial charge on any atom is -0.378 e. The third-order valence-electron chi connectivity index (χ3n) is 3.91. The van der Waals surface area contributed by atoms with Crippen LogP contribution in [0, 0.1) is 0 Å². The zero-order chi connectivity index (χ0) is 16.2. The van der Waals surface area contributed by atoms with Gasteiger partial charge in [0.15, 0.2) is 11.6 Å². The average Bonchev–Trinajstić information content (AvgIpc) is 3.18. The topological polar surface area (TPSA) is 68.1 Å². The zero-order valence-corrected chi connectivity index (χ0v) is 13.2. The summed E-state index contributed by atoms with van der Waals surface area (Å²) in [5.74, 6) is 1.42. The van der Waals surface area contributed by atoms with E-state index in [0.29, 0.717) is 5.82 Å². The molecule has 0 spiro atoms. The van der Waals surface area contributed by atoms with Crippen molar-refractivity contribution in [3.63, 3.8) is 0 Å². The third-order valence-corrected chi connectivity index (χ3v) is 3.91. The Kier molecular flexibility index (Phi) is 4.07. The van der Waals surface area contributed by atoms with E-state index in [4.69, 9.17) is 4.74 Å². The molecule has 3 aromatic rings. The van der Waals surface area contributed by atoms with Gasteiger partial charge in [-0.05, 0) is 24.3 Å². The van der Waals surface area contributed by atoms with Crippen molar-refractivity contribution in [2.45, 2.75) is 0 Å². The highest BCUT2D eigenvalue weighted by Gasteiger charge is 2.10. The molecular formula is C17H18N6O. The normalized spacial score (nSPS) is 14.6. The Labute approximate surface area is 140 Å². The van der Waals surface area contributed by atoms with Gasteiger partial charge in [0.05, 0.1) is 25.6 Å². The average molecular weight is 322 g/mol. The number of anilines is 3. The third kappa shape index (κ3) is 3.21. The summed E-state index contributed by atoms with van der Waals surface area (Å²) in [4.78, 5) is 15.1. The number of imidazole rings is 1. The summed E-state index contributed by atoms with van der Waals surface area (Å²) >= 11 is 0. The van der Waals surface area contributed by atoms with Gasteiger partial charge >= 0.3 is 0 Å².